The monoisotopic (exact) mass is 272 g/mol. The van der Waals surface area contributed by atoms with Crippen LogP contribution in [0.3, 0.4) is 0 Å². The number of hydrogen-bond acceptors (Lipinski definition) is 3. The van der Waals surface area contributed by atoms with Crippen molar-refractivity contribution >= 4 is 14.0 Å². The number of hydrogen-bond donors (Lipinski definition) is 0. The Bertz CT molecular complexity index is 252. The first-order valence-electron chi connectivity index (χ1n) is 6.89. The molecule has 0 aliphatic heterocycles. The van der Waals surface area contributed by atoms with Gasteiger partial charge in [0.25, 0.3) is 0 Å². The summed E-state index contributed by atoms with van der Waals surface area (Å²) in [5.41, 5.74) is 2.36. The smallest absolute Gasteiger partial charge is 0.303 e. The lowest BCUT2D eigenvalue weighted by molar-refractivity contribution is -0.144. The molecule has 0 radical (unpaired) electrons. The van der Waals surface area contributed by atoms with E-state index in [1.165, 1.54) is 25.1 Å². The summed E-state index contributed by atoms with van der Waals surface area (Å²) in [7, 11) is 0.381. The number of carbonyl (C=O) groups excluding carboxylic acids is 1. The molecule has 1 unspecified atom stereocenters. The van der Waals surface area contributed by atoms with Gasteiger partial charge in [0.05, 0.1) is 14.7 Å². The fourth-order valence-electron chi connectivity index (χ4n) is 2.06. The fourth-order valence-corrected chi connectivity index (χ4v) is 4.89. The molecular formula is C14H28O3Si. The molecule has 0 bridgehead atoms. The third-order valence-electron chi connectivity index (χ3n) is 3.70. The van der Waals surface area contributed by atoms with Crippen molar-refractivity contribution in [3.05, 3.63) is 11.8 Å². The Hall–Kier alpha value is -0.613. The molecule has 0 aromatic heterocycles. The maximum absolute atomic E-state index is 11.1. The van der Waals surface area contributed by atoms with Crippen molar-refractivity contribution in [2.75, 3.05) is 13.7 Å². The van der Waals surface area contributed by atoms with Gasteiger partial charge in [0.1, 0.15) is 6.10 Å². The lowest BCUT2D eigenvalue weighted by Crippen LogP contribution is -2.29. The fraction of sp³-hybridized carbons (Fsp3) is 0.786. The molecule has 0 amide bonds. The van der Waals surface area contributed by atoms with Crippen molar-refractivity contribution in [3.8, 4) is 0 Å². The van der Waals surface area contributed by atoms with Crippen LogP contribution >= 0.6 is 0 Å². The van der Waals surface area contributed by atoms with E-state index in [0.717, 1.165) is 6.42 Å². The first kappa shape index (κ1) is 17.4. The summed E-state index contributed by atoms with van der Waals surface area (Å²) in [6.45, 7) is 8.86. The van der Waals surface area contributed by atoms with Crippen LogP contribution in [0.25, 0.3) is 0 Å². The van der Waals surface area contributed by atoms with E-state index < -0.39 is 8.07 Å². The Labute approximate surface area is 113 Å². The minimum atomic E-state index is -1.28. The van der Waals surface area contributed by atoms with Crippen LogP contribution in [0.4, 0.5) is 0 Å². The quantitative estimate of drug-likeness (QED) is 0.475. The van der Waals surface area contributed by atoms with Crippen molar-refractivity contribution in [2.24, 2.45) is 0 Å². The number of ether oxygens (including phenoxy) is 2. The number of methoxy groups -OCH3 is 1. The number of esters is 1. The normalized spacial score (nSPS) is 13.8. The number of carbonyl (C=O) groups is 1. The molecule has 0 aromatic rings. The highest BCUT2D eigenvalue weighted by atomic mass is 28.3. The lowest BCUT2D eigenvalue weighted by Gasteiger charge is -2.24. The van der Waals surface area contributed by atoms with Crippen molar-refractivity contribution in [1.82, 2.24) is 0 Å². The van der Waals surface area contributed by atoms with Crippen molar-refractivity contribution in [1.29, 1.82) is 0 Å². The van der Waals surface area contributed by atoms with Crippen LogP contribution in [-0.2, 0) is 14.3 Å². The molecule has 0 aliphatic rings. The van der Waals surface area contributed by atoms with Crippen LogP contribution in [0.5, 0.6) is 0 Å². The third-order valence-corrected chi connectivity index (χ3v) is 8.82. The van der Waals surface area contributed by atoms with Crippen LogP contribution in [0.1, 0.15) is 34.1 Å². The molecule has 3 nitrogen and oxygen atoms in total. The molecule has 1 atom stereocenters. The van der Waals surface area contributed by atoms with E-state index in [0.29, 0.717) is 6.61 Å². The SMILES string of the molecule is CC[Si](/C=C\C(CCOC)OC(C)=O)(CC)CC. The molecular weight excluding hydrogens is 244 g/mol. The highest BCUT2D eigenvalue weighted by Gasteiger charge is 2.23. The van der Waals surface area contributed by atoms with Gasteiger partial charge in [0.15, 0.2) is 0 Å². The first-order chi connectivity index (χ1) is 8.53. The second kappa shape index (κ2) is 9.33. The van der Waals surface area contributed by atoms with Gasteiger partial charge in [0.2, 0.25) is 0 Å². The molecule has 0 aromatic carbocycles. The molecule has 0 aliphatic carbocycles. The zero-order valence-corrected chi connectivity index (χ0v) is 13.5. The maximum atomic E-state index is 11.1. The zero-order valence-electron chi connectivity index (χ0n) is 12.5. The second-order valence-electron chi connectivity index (χ2n) is 4.71. The van der Waals surface area contributed by atoms with E-state index in [-0.39, 0.29) is 12.1 Å². The minimum absolute atomic E-state index is 0.140. The van der Waals surface area contributed by atoms with Crippen LogP contribution in [0, 0.1) is 0 Å². The summed E-state index contributed by atoms with van der Waals surface area (Å²) < 4.78 is 10.3. The minimum Gasteiger partial charge on any atom is -0.458 e. The Kier molecular flexibility index (Phi) is 9.02. The van der Waals surface area contributed by atoms with Crippen LogP contribution in [0.15, 0.2) is 11.8 Å². The summed E-state index contributed by atoms with van der Waals surface area (Å²) in [6, 6.07) is 3.73. The van der Waals surface area contributed by atoms with E-state index in [1.807, 2.05) is 0 Å². The van der Waals surface area contributed by atoms with Crippen LogP contribution < -0.4 is 0 Å². The predicted molar refractivity (Wildman–Crippen MR) is 78.4 cm³/mol. The predicted octanol–water partition coefficient (Wildman–Crippen LogP) is 3.56. The van der Waals surface area contributed by atoms with Gasteiger partial charge in [-0.2, -0.15) is 0 Å². The molecule has 0 N–H and O–H groups in total. The van der Waals surface area contributed by atoms with Gasteiger partial charge < -0.3 is 9.47 Å². The standard InChI is InChI=1S/C14H28O3Si/c1-6-18(7-2,8-3)12-10-14(9-11-16-5)17-13(4)15/h10,12,14H,6-9,11H2,1-5H3/b12-10-. The summed E-state index contributed by atoms with van der Waals surface area (Å²) in [5, 5.41) is 0. The molecule has 0 spiro atoms. The molecule has 0 heterocycles. The van der Waals surface area contributed by atoms with Gasteiger partial charge in [-0.15, -0.1) is 0 Å². The third kappa shape index (κ3) is 6.35. The van der Waals surface area contributed by atoms with Gasteiger partial charge in [-0.25, -0.2) is 0 Å². The van der Waals surface area contributed by atoms with Gasteiger partial charge in [-0.1, -0.05) is 50.7 Å². The van der Waals surface area contributed by atoms with E-state index in [2.05, 4.69) is 32.5 Å². The largest absolute Gasteiger partial charge is 0.458 e. The molecule has 18 heavy (non-hydrogen) atoms. The Morgan fingerprint density at radius 1 is 1.22 bits per heavy atom. The molecule has 0 rings (SSSR count). The van der Waals surface area contributed by atoms with E-state index in [4.69, 9.17) is 9.47 Å². The molecule has 0 saturated heterocycles. The second-order valence-corrected chi connectivity index (χ2v) is 9.89. The van der Waals surface area contributed by atoms with Crippen LogP contribution in [-0.4, -0.2) is 33.9 Å². The van der Waals surface area contributed by atoms with Gasteiger partial charge in [0, 0.05) is 20.5 Å². The maximum Gasteiger partial charge on any atom is 0.303 e. The Morgan fingerprint density at radius 3 is 2.17 bits per heavy atom. The Morgan fingerprint density at radius 2 is 1.78 bits per heavy atom. The van der Waals surface area contributed by atoms with E-state index >= 15 is 0 Å². The lowest BCUT2D eigenvalue weighted by atomic mass is 10.2. The summed E-state index contributed by atoms with van der Waals surface area (Å²) in [4.78, 5) is 11.1. The van der Waals surface area contributed by atoms with Crippen molar-refractivity contribution < 1.29 is 14.3 Å². The molecule has 0 saturated carbocycles. The van der Waals surface area contributed by atoms with E-state index in [1.54, 1.807) is 7.11 Å². The average molecular weight is 272 g/mol. The highest BCUT2D eigenvalue weighted by molar-refractivity contribution is 6.84. The topological polar surface area (TPSA) is 35.5 Å². The van der Waals surface area contributed by atoms with Crippen molar-refractivity contribution in [3.63, 3.8) is 0 Å². The van der Waals surface area contributed by atoms with Crippen molar-refractivity contribution in [2.45, 2.75) is 58.4 Å². The van der Waals surface area contributed by atoms with E-state index in [9.17, 15) is 4.79 Å². The summed E-state index contributed by atoms with van der Waals surface area (Å²) in [6.07, 6.45) is 2.68. The summed E-state index contributed by atoms with van der Waals surface area (Å²) in [5.74, 6) is -0.225. The molecule has 106 valence electrons. The van der Waals surface area contributed by atoms with Gasteiger partial charge in [-0.05, 0) is 0 Å². The van der Waals surface area contributed by atoms with Gasteiger partial charge in [-0.3, -0.25) is 4.79 Å². The zero-order chi connectivity index (χ0) is 14.0. The summed E-state index contributed by atoms with van der Waals surface area (Å²) >= 11 is 0. The molecule has 4 heteroatoms. The number of rotatable bonds is 9. The first-order valence-corrected chi connectivity index (χ1v) is 9.59. The highest BCUT2D eigenvalue weighted by Crippen LogP contribution is 2.22. The average Bonchev–Trinajstić information content (AvgIpc) is 2.37. The Balaban J connectivity index is 4.65. The van der Waals surface area contributed by atoms with Gasteiger partial charge >= 0.3 is 5.97 Å². The van der Waals surface area contributed by atoms with Crippen LogP contribution in [0.2, 0.25) is 18.1 Å². The molecule has 0 fully saturated rings.